The second kappa shape index (κ2) is 9.27. The van der Waals surface area contributed by atoms with Crippen LogP contribution in [-0.2, 0) is 4.79 Å². The molecule has 1 saturated heterocycles. The molecule has 3 aromatic carbocycles. The summed E-state index contributed by atoms with van der Waals surface area (Å²) in [7, 11) is 0. The lowest BCUT2D eigenvalue weighted by Gasteiger charge is -2.14. The van der Waals surface area contributed by atoms with Gasteiger partial charge in [-0.3, -0.25) is 4.79 Å². The van der Waals surface area contributed by atoms with Crippen molar-refractivity contribution in [2.45, 2.75) is 20.8 Å². The normalized spacial score (nSPS) is 16.2. The highest BCUT2D eigenvalue weighted by Gasteiger charge is 2.24. The van der Waals surface area contributed by atoms with Crippen molar-refractivity contribution >= 4 is 45.4 Å². The van der Waals surface area contributed by atoms with Crippen LogP contribution in [0.2, 0.25) is 0 Å². The molecule has 31 heavy (non-hydrogen) atoms. The van der Waals surface area contributed by atoms with Gasteiger partial charge in [-0.2, -0.15) is 0 Å². The average Bonchev–Trinajstić information content (AvgIpc) is 3.09. The molecule has 158 valence electrons. The van der Waals surface area contributed by atoms with Gasteiger partial charge >= 0.3 is 0 Å². The monoisotopic (exact) mass is 432 g/mol. The molecular weight excluding hydrogens is 408 g/mol. The van der Waals surface area contributed by atoms with Crippen LogP contribution in [-0.4, -0.2) is 24.3 Å². The lowest BCUT2D eigenvalue weighted by atomic mass is 10.1. The number of amides is 1. The van der Waals surface area contributed by atoms with Crippen molar-refractivity contribution in [1.82, 2.24) is 5.32 Å². The Morgan fingerprint density at radius 2 is 1.81 bits per heavy atom. The van der Waals surface area contributed by atoms with Gasteiger partial charge in [-0.25, -0.2) is 4.99 Å². The minimum Gasteiger partial charge on any atom is -0.490 e. The van der Waals surface area contributed by atoms with E-state index in [0.29, 0.717) is 29.0 Å². The topological polar surface area (TPSA) is 59.9 Å². The molecule has 1 amide bonds. The first-order valence-corrected chi connectivity index (χ1v) is 11.1. The second-order valence-corrected chi connectivity index (χ2v) is 8.04. The zero-order valence-corrected chi connectivity index (χ0v) is 18.6. The molecule has 5 nitrogen and oxygen atoms in total. The number of rotatable bonds is 6. The van der Waals surface area contributed by atoms with Crippen molar-refractivity contribution in [3.63, 3.8) is 0 Å². The largest absolute Gasteiger partial charge is 0.490 e. The van der Waals surface area contributed by atoms with Crippen LogP contribution in [0.1, 0.15) is 25.0 Å². The predicted octanol–water partition coefficient (Wildman–Crippen LogP) is 5.84. The van der Waals surface area contributed by atoms with E-state index in [2.05, 4.69) is 17.4 Å². The Kier molecular flexibility index (Phi) is 6.28. The fourth-order valence-corrected chi connectivity index (χ4v) is 4.33. The summed E-state index contributed by atoms with van der Waals surface area (Å²) in [4.78, 5) is 17.9. The Bertz CT molecular complexity index is 1200. The molecular formula is C25H24N2O3S. The Morgan fingerprint density at radius 3 is 2.61 bits per heavy atom. The molecule has 0 bridgehead atoms. The fourth-order valence-electron chi connectivity index (χ4n) is 3.49. The maximum absolute atomic E-state index is 12.6. The highest BCUT2D eigenvalue weighted by molar-refractivity contribution is 8.18. The van der Waals surface area contributed by atoms with Crippen molar-refractivity contribution in [3.05, 3.63) is 70.6 Å². The van der Waals surface area contributed by atoms with Gasteiger partial charge < -0.3 is 14.8 Å². The lowest BCUT2D eigenvalue weighted by Crippen LogP contribution is -2.19. The van der Waals surface area contributed by atoms with Gasteiger partial charge in [0.15, 0.2) is 16.7 Å². The number of hydrogen-bond donors (Lipinski definition) is 1. The SMILES string of the molecule is CCOc1cc(/C=C2/SC(=Nc3cccc4ccccc34)NC2=O)cc(C)c1OCC. The molecule has 1 fully saturated rings. The number of carbonyl (C=O) groups is 1. The van der Waals surface area contributed by atoms with Crippen LogP contribution in [0.25, 0.3) is 16.8 Å². The zero-order valence-electron chi connectivity index (χ0n) is 17.8. The number of thioether (sulfide) groups is 1. The summed E-state index contributed by atoms with van der Waals surface area (Å²) in [5, 5.41) is 5.61. The number of benzene rings is 3. The van der Waals surface area contributed by atoms with E-state index in [1.165, 1.54) is 11.8 Å². The summed E-state index contributed by atoms with van der Waals surface area (Å²) in [6.07, 6.45) is 1.86. The Morgan fingerprint density at radius 1 is 1.03 bits per heavy atom. The van der Waals surface area contributed by atoms with E-state index >= 15 is 0 Å². The van der Waals surface area contributed by atoms with Crippen molar-refractivity contribution < 1.29 is 14.3 Å². The van der Waals surface area contributed by atoms with Crippen LogP contribution < -0.4 is 14.8 Å². The number of nitrogens with one attached hydrogen (secondary N) is 1. The first-order valence-electron chi connectivity index (χ1n) is 10.3. The van der Waals surface area contributed by atoms with Gasteiger partial charge in [0.05, 0.1) is 23.8 Å². The molecule has 0 spiro atoms. The van der Waals surface area contributed by atoms with Crippen LogP contribution in [0.4, 0.5) is 5.69 Å². The zero-order chi connectivity index (χ0) is 21.8. The number of fused-ring (bicyclic) bond motifs is 1. The van der Waals surface area contributed by atoms with Gasteiger partial charge in [-0.15, -0.1) is 0 Å². The lowest BCUT2D eigenvalue weighted by molar-refractivity contribution is -0.115. The highest BCUT2D eigenvalue weighted by atomic mass is 32.2. The maximum atomic E-state index is 12.6. The second-order valence-electron chi connectivity index (χ2n) is 7.01. The van der Waals surface area contributed by atoms with E-state index < -0.39 is 0 Å². The third kappa shape index (κ3) is 4.59. The highest BCUT2D eigenvalue weighted by Crippen LogP contribution is 2.36. The van der Waals surface area contributed by atoms with E-state index in [-0.39, 0.29) is 5.91 Å². The molecule has 0 radical (unpaired) electrons. The van der Waals surface area contributed by atoms with E-state index in [1.54, 1.807) is 0 Å². The van der Waals surface area contributed by atoms with Crippen molar-refractivity contribution in [1.29, 1.82) is 0 Å². The Balaban J connectivity index is 1.64. The number of nitrogens with zero attached hydrogens (tertiary/aromatic N) is 1. The van der Waals surface area contributed by atoms with E-state index in [4.69, 9.17) is 14.5 Å². The van der Waals surface area contributed by atoms with Crippen LogP contribution in [0.3, 0.4) is 0 Å². The molecule has 4 rings (SSSR count). The van der Waals surface area contributed by atoms with Crippen molar-refractivity contribution in [2.75, 3.05) is 13.2 Å². The Hall–Kier alpha value is -3.25. The van der Waals surface area contributed by atoms with E-state index in [9.17, 15) is 4.79 Å². The fraction of sp³-hybridized carbons (Fsp3) is 0.200. The average molecular weight is 433 g/mol. The van der Waals surface area contributed by atoms with Crippen LogP contribution in [0, 0.1) is 6.92 Å². The molecule has 0 aromatic heterocycles. The summed E-state index contributed by atoms with van der Waals surface area (Å²) in [6.45, 7) is 6.96. The molecule has 1 heterocycles. The molecule has 0 saturated carbocycles. The number of ether oxygens (including phenoxy) is 2. The molecule has 1 aliphatic rings. The van der Waals surface area contributed by atoms with Crippen LogP contribution in [0.5, 0.6) is 11.5 Å². The minimum absolute atomic E-state index is 0.159. The van der Waals surface area contributed by atoms with E-state index in [0.717, 1.165) is 33.3 Å². The summed E-state index contributed by atoms with van der Waals surface area (Å²) in [6, 6.07) is 17.9. The van der Waals surface area contributed by atoms with Crippen LogP contribution in [0.15, 0.2) is 64.5 Å². The number of hydrogen-bond acceptors (Lipinski definition) is 5. The third-order valence-corrected chi connectivity index (χ3v) is 5.70. The Labute approximate surface area is 186 Å². The van der Waals surface area contributed by atoms with Gasteiger partial charge in [-0.1, -0.05) is 36.4 Å². The van der Waals surface area contributed by atoms with Gasteiger partial charge in [0, 0.05) is 5.39 Å². The number of aliphatic imine (C=N–C) groups is 1. The summed E-state index contributed by atoms with van der Waals surface area (Å²) in [5.41, 5.74) is 2.68. The first-order chi connectivity index (χ1) is 15.1. The molecule has 6 heteroatoms. The summed E-state index contributed by atoms with van der Waals surface area (Å²) >= 11 is 1.33. The number of aryl methyl sites for hydroxylation is 1. The van der Waals surface area contributed by atoms with Gasteiger partial charge in [0.1, 0.15) is 0 Å². The quantitative estimate of drug-likeness (QED) is 0.497. The van der Waals surface area contributed by atoms with E-state index in [1.807, 2.05) is 69.3 Å². The minimum atomic E-state index is -0.159. The molecule has 1 aliphatic heterocycles. The predicted molar refractivity (Wildman–Crippen MR) is 128 cm³/mol. The molecule has 0 unspecified atom stereocenters. The summed E-state index contributed by atoms with van der Waals surface area (Å²) in [5.74, 6) is 1.27. The van der Waals surface area contributed by atoms with Crippen LogP contribution >= 0.6 is 11.8 Å². The molecule has 3 aromatic rings. The molecule has 0 atom stereocenters. The standard InChI is InChI=1S/C25H24N2O3S/c1-4-29-21-14-17(13-16(3)23(21)30-5-2)15-22-24(28)27-25(31-22)26-20-12-8-10-18-9-6-7-11-19(18)20/h6-15H,4-5H2,1-3H3,(H,26,27,28)/b22-15+. The molecule has 0 aliphatic carbocycles. The molecule has 1 N–H and O–H groups in total. The number of carbonyl (C=O) groups excluding carboxylic acids is 1. The van der Waals surface area contributed by atoms with Crippen molar-refractivity contribution in [2.24, 2.45) is 4.99 Å². The third-order valence-electron chi connectivity index (χ3n) is 4.79. The van der Waals surface area contributed by atoms with Crippen molar-refractivity contribution in [3.8, 4) is 11.5 Å². The summed E-state index contributed by atoms with van der Waals surface area (Å²) < 4.78 is 11.5. The smallest absolute Gasteiger partial charge is 0.264 e. The van der Waals surface area contributed by atoms with Gasteiger partial charge in [0.25, 0.3) is 5.91 Å². The van der Waals surface area contributed by atoms with Gasteiger partial charge in [-0.05, 0) is 73.3 Å². The van der Waals surface area contributed by atoms with Gasteiger partial charge in [0.2, 0.25) is 0 Å². The number of amidine groups is 1. The first kappa shape index (κ1) is 21.0. The maximum Gasteiger partial charge on any atom is 0.264 e.